The van der Waals surface area contributed by atoms with Crippen molar-refractivity contribution < 1.29 is 28.2 Å². The molecular weight excluding hydrogens is 681 g/mol. The molecule has 3 aromatic rings. The highest BCUT2D eigenvalue weighted by Crippen LogP contribution is 2.23. The maximum Gasteiger partial charge on any atom is 0.407 e. The number of nitrogens with zero attached hydrogens (tertiary/aromatic N) is 5. The Hall–Kier alpha value is -4.40. The standard InChI is InChI=1S/C39H52FN7O6/c1-39(2,3)53-38(51)41-14-19-44-15-10-28(11-16-44)52-29-12-17-45(18-13-29)26-35(48)46-20-22-47(23-21-46)37(50)32-24-27(8-9-33(32)40)25-34-30-6-4-5-7-31(30)36(49)43-42-34/h4-9,24,28-29H,10-23,25-26H2,1-3H3,(H,41,51)(H,43,49). The number of nitrogens with one attached hydrogen (secondary N) is 2. The normalized spacial score (nSPS) is 18.3. The van der Waals surface area contributed by atoms with Crippen LogP contribution in [0.5, 0.6) is 0 Å². The Bertz CT molecular complexity index is 1810. The molecule has 1 aromatic heterocycles. The molecule has 286 valence electrons. The van der Waals surface area contributed by atoms with E-state index in [1.165, 1.54) is 6.07 Å². The number of ether oxygens (including phenoxy) is 2. The van der Waals surface area contributed by atoms with E-state index in [-0.39, 0.29) is 35.3 Å². The van der Waals surface area contributed by atoms with E-state index in [4.69, 9.17) is 9.47 Å². The Morgan fingerprint density at radius 1 is 0.868 bits per heavy atom. The minimum atomic E-state index is -0.598. The van der Waals surface area contributed by atoms with E-state index in [0.717, 1.165) is 58.4 Å². The molecule has 2 N–H and O–H groups in total. The summed E-state index contributed by atoms with van der Waals surface area (Å²) in [6.45, 7) is 12.1. The van der Waals surface area contributed by atoms with Crippen molar-refractivity contribution in [3.8, 4) is 0 Å². The lowest BCUT2D eigenvalue weighted by molar-refractivity contribution is -0.135. The molecule has 4 heterocycles. The number of halogens is 1. The minimum absolute atomic E-state index is 0.0146. The molecule has 53 heavy (non-hydrogen) atoms. The van der Waals surface area contributed by atoms with Crippen LogP contribution in [0.15, 0.2) is 47.3 Å². The number of rotatable bonds is 10. The number of hydrogen-bond donors (Lipinski definition) is 2. The zero-order chi connectivity index (χ0) is 37.5. The molecule has 14 heteroatoms. The average molecular weight is 734 g/mol. The molecule has 3 fully saturated rings. The lowest BCUT2D eigenvalue weighted by Crippen LogP contribution is -2.53. The Kier molecular flexibility index (Phi) is 12.4. The van der Waals surface area contributed by atoms with Gasteiger partial charge in [-0.1, -0.05) is 24.3 Å². The molecule has 3 amide bonds. The first-order valence-corrected chi connectivity index (χ1v) is 18.8. The minimum Gasteiger partial charge on any atom is -0.444 e. The second-order valence-electron chi connectivity index (χ2n) is 15.3. The number of likely N-dealkylation sites (tertiary alicyclic amines) is 2. The largest absolute Gasteiger partial charge is 0.444 e. The molecule has 0 radical (unpaired) electrons. The van der Waals surface area contributed by atoms with Crippen LogP contribution in [0.3, 0.4) is 0 Å². The fraction of sp³-hybridized carbons (Fsp3) is 0.564. The van der Waals surface area contributed by atoms with Crippen LogP contribution in [0.2, 0.25) is 0 Å². The fourth-order valence-electron chi connectivity index (χ4n) is 7.34. The maximum atomic E-state index is 15.0. The van der Waals surface area contributed by atoms with Crippen LogP contribution < -0.4 is 10.9 Å². The first-order valence-electron chi connectivity index (χ1n) is 18.8. The maximum absolute atomic E-state index is 15.0. The number of piperazine rings is 1. The van der Waals surface area contributed by atoms with Crippen molar-refractivity contribution in [2.75, 3.05) is 72.0 Å². The SMILES string of the molecule is CC(C)(C)OC(=O)NCCN1CCC(OC2CCN(CC(=O)N3CCN(C(=O)c4cc(Cc5n[nH]c(=O)c6ccccc56)ccc4F)CC3)CC2)CC1. The summed E-state index contributed by atoms with van der Waals surface area (Å²) in [5.41, 5.74) is 0.539. The van der Waals surface area contributed by atoms with Crippen molar-refractivity contribution >= 4 is 28.7 Å². The van der Waals surface area contributed by atoms with Gasteiger partial charge < -0.3 is 29.5 Å². The smallest absolute Gasteiger partial charge is 0.407 e. The topological polar surface area (TPSA) is 140 Å². The van der Waals surface area contributed by atoms with Gasteiger partial charge in [0.15, 0.2) is 0 Å². The molecule has 0 saturated carbocycles. The summed E-state index contributed by atoms with van der Waals surface area (Å²) in [6.07, 6.45) is 4.04. The van der Waals surface area contributed by atoms with Gasteiger partial charge in [-0.15, -0.1) is 0 Å². The van der Waals surface area contributed by atoms with Crippen LogP contribution in [-0.4, -0.2) is 138 Å². The summed E-state index contributed by atoms with van der Waals surface area (Å²) in [7, 11) is 0. The molecular formula is C39H52FN7O6. The van der Waals surface area contributed by atoms with Crippen molar-refractivity contribution in [1.29, 1.82) is 0 Å². The van der Waals surface area contributed by atoms with Crippen LogP contribution in [-0.2, 0) is 20.7 Å². The van der Waals surface area contributed by atoms with E-state index in [9.17, 15) is 23.6 Å². The third-order valence-electron chi connectivity index (χ3n) is 10.2. The van der Waals surface area contributed by atoms with E-state index in [1.807, 2.05) is 32.9 Å². The van der Waals surface area contributed by atoms with Gasteiger partial charge >= 0.3 is 6.09 Å². The monoisotopic (exact) mass is 733 g/mol. The van der Waals surface area contributed by atoms with Gasteiger partial charge in [-0.05, 0) is 70.2 Å². The highest BCUT2D eigenvalue weighted by Gasteiger charge is 2.30. The lowest BCUT2D eigenvalue weighted by atomic mass is 10.0. The molecule has 3 aliphatic heterocycles. The van der Waals surface area contributed by atoms with Crippen LogP contribution >= 0.6 is 0 Å². The third kappa shape index (κ3) is 10.4. The number of fused-ring (bicyclic) bond motifs is 1. The number of benzene rings is 2. The quantitative estimate of drug-likeness (QED) is 0.321. The van der Waals surface area contributed by atoms with Gasteiger partial charge in [0, 0.05) is 77.3 Å². The lowest BCUT2D eigenvalue weighted by Gasteiger charge is -2.38. The van der Waals surface area contributed by atoms with E-state index in [1.54, 1.807) is 34.1 Å². The van der Waals surface area contributed by atoms with Gasteiger partial charge in [0.25, 0.3) is 11.5 Å². The van der Waals surface area contributed by atoms with E-state index in [2.05, 4.69) is 25.3 Å². The van der Waals surface area contributed by atoms with Gasteiger partial charge in [0.2, 0.25) is 5.91 Å². The summed E-state index contributed by atoms with van der Waals surface area (Å²) in [5.74, 6) is -0.962. The summed E-state index contributed by atoms with van der Waals surface area (Å²) in [5, 5.41) is 10.8. The molecule has 0 unspecified atom stereocenters. The summed E-state index contributed by atoms with van der Waals surface area (Å²) in [4.78, 5) is 58.7. The molecule has 0 aliphatic carbocycles. The average Bonchev–Trinajstić information content (AvgIpc) is 3.14. The molecule has 2 aromatic carbocycles. The van der Waals surface area contributed by atoms with Gasteiger partial charge in [0.1, 0.15) is 11.4 Å². The molecule has 0 spiro atoms. The molecule has 13 nitrogen and oxygen atoms in total. The molecule has 0 bridgehead atoms. The first kappa shape index (κ1) is 38.3. The van der Waals surface area contributed by atoms with E-state index >= 15 is 0 Å². The predicted octanol–water partition coefficient (Wildman–Crippen LogP) is 3.41. The number of carbonyl (C=O) groups is 3. The van der Waals surface area contributed by atoms with Crippen LogP contribution in [0.4, 0.5) is 9.18 Å². The van der Waals surface area contributed by atoms with Crippen molar-refractivity contribution in [3.63, 3.8) is 0 Å². The molecule has 0 atom stereocenters. The number of carbonyl (C=O) groups excluding carboxylic acids is 3. The van der Waals surface area contributed by atoms with Gasteiger partial charge in [-0.3, -0.25) is 19.3 Å². The number of H-pyrrole nitrogens is 1. The van der Waals surface area contributed by atoms with Gasteiger partial charge in [-0.2, -0.15) is 5.10 Å². The van der Waals surface area contributed by atoms with E-state index in [0.29, 0.717) is 67.7 Å². The highest BCUT2D eigenvalue weighted by molar-refractivity contribution is 5.95. The summed E-state index contributed by atoms with van der Waals surface area (Å²) in [6, 6.07) is 11.7. The fourth-order valence-corrected chi connectivity index (χ4v) is 7.34. The van der Waals surface area contributed by atoms with Crippen LogP contribution in [0, 0.1) is 5.82 Å². The number of amides is 3. The van der Waals surface area contributed by atoms with Gasteiger partial charge in [0.05, 0.1) is 35.4 Å². The van der Waals surface area contributed by atoms with Crippen molar-refractivity contribution in [2.45, 2.75) is 70.7 Å². The molecule has 6 rings (SSSR count). The van der Waals surface area contributed by atoms with Crippen LogP contribution in [0.1, 0.15) is 68.1 Å². The van der Waals surface area contributed by atoms with Crippen molar-refractivity contribution in [1.82, 2.24) is 35.1 Å². The molecule has 3 saturated heterocycles. The highest BCUT2D eigenvalue weighted by atomic mass is 19.1. The number of hydrogen-bond acceptors (Lipinski definition) is 9. The predicted molar refractivity (Wildman–Crippen MR) is 198 cm³/mol. The Morgan fingerprint density at radius 2 is 1.49 bits per heavy atom. The van der Waals surface area contributed by atoms with E-state index < -0.39 is 17.3 Å². The number of aromatic nitrogens is 2. The number of aromatic amines is 1. The summed E-state index contributed by atoms with van der Waals surface area (Å²) < 4.78 is 26.7. The van der Waals surface area contributed by atoms with Crippen molar-refractivity contribution in [3.05, 3.63) is 75.5 Å². The second kappa shape index (κ2) is 17.2. The Balaban J connectivity index is 0.894. The zero-order valence-electron chi connectivity index (χ0n) is 31.1. The second-order valence-corrected chi connectivity index (χ2v) is 15.3. The molecule has 3 aliphatic rings. The van der Waals surface area contributed by atoms with Gasteiger partial charge in [-0.25, -0.2) is 14.3 Å². The Morgan fingerprint density at radius 3 is 2.15 bits per heavy atom. The van der Waals surface area contributed by atoms with Crippen molar-refractivity contribution in [2.24, 2.45) is 0 Å². The Labute approximate surface area is 309 Å². The third-order valence-corrected chi connectivity index (χ3v) is 10.2. The first-order chi connectivity index (χ1) is 25.4. The van der Waals surface area contributed by atoms with Crippen LogP contribution in [0.25, 0.3) is 10.8 Å². The number of alkyl carbamates (subject to hydrolysis) is 1. The zero-order valence-corrected chi connectivity index (χ0v) is 31.1. The summed E-state index contributed by atoms with van der Waals surface area (Å²) >= 11 is 0. The number of piperidine rings is 2.